The van der Waals surface area contributed by atoms with Crippen LogP contribution in [0.4, 0.5) is 0 Å². The molecular formula is C31H52O9S. The molecule has 41 heavy (non-hydrogen) atoms. The first-order chi connectivity index (χ1) is 19.0. The lowest BCUT2D eigenvalue weighted by Crippen LogP contribution is -2.68. The smallest absolute Gasteiger partial charge is 0.306 e. The number of rotatable bonds is 9. The van der Waals surface area contributed by atoms with Crippen molar-refractivity contribution in [1.29, 1.82) is 0 Å². The summed E-state index contributed by atoms with van der Waals surface area (Å²) < 4.78 is 37.5. The van der Waals surface area contributed by atoms with E-state index in [1.54, 1.807) is 13.2 Å². The van der Waals surface area contributed by atoms with Crippen molar-refractivity contribution in [3.63, 3.8) is 0 Å². The van der Waals surface area contributed by atoms with E-state index in [9.17, 15) is 23.7 Å². The molecule has 11 atom stereocenters. The number of hydrogen-bond acceptors (Lipinski definition) is 9. The van der Waals surface area contributed by atoms with Crippen molar-refractivity contribution >= 4 is 28.7 Å². The van der Waals surface area contributed by atoms with Gasteiger partial charge in [0.1, 0.15) is 23.4 Å². The molecule has 0 aromatic rings. The third-order valence-electron chi connectivity index (χ3n) is 9.75. The van der Waals surface area contributed by atoms with E-state index in [-0.39, 0.29) is 30.6 Å². The lowest BCUT2D eigenvalue weighted by atomic mass is 9.55. The Morgan fingerprint density at radius 3 is 2.17 bits per heavy atom. The average molecular weight is 601 g/mol. The lowest BCUT2D eigenvalue weighted by molar-refractivity contribution is -0.241. The molecule has 2 saturated heterocycles. The van der Waals surface area contributed by atoms with Crippen molar-refractivity contribution in [3.05, 3.63) is 0 Å². The first-order valence-electron chi connectivity index (χ1n) is 15.3. The van der Waals surface area contributed by atoms with Crippen LogP contribution in [0.3, 0.4) is 0 Å². The summed E-state index contributed by atoms with van der Waals surface area (Å²) in [7, 11) is -1.20. The molecule has 3 rings (SSSR count). The summed E-state index contributed by atoms with van der Waals surface area (Å²) in [5.74, 6) is -2.71. The van der Waals surface area contributed by atoms with Gasteiger partial charge in [0.2, 0.25) is 0 Å². The van der Waals surface area contributed by atoms with E-state index in [2.05, 4.69) is 0 Å². The second-order valence-corrected chi connectivity index (χ2v) is 15.4. The van der Waals surface area contributed by atoms with E-state index in [0.29, 0.717) is 38.5 Å². The van der Waals surface area contributed by atoms with Gasteiger partial charge in [0.15, 0.2) is 6.10 Å². The van der Waals surface area contributed by atoms with Gasteiger partial charge in [0, 0.05) is 59.3 Å². The molecule has 0 aromatic heterocycles. The zero-order chi connectivity index (χ0) is 30.9. The number of esters is 3. The van der Waals surface area contributed by atoms with Crippen LogP contribution in [0.25, 0.3) is 0 Å². The molecule has 1 saturated carbocycles. The zero-order valence-electron chi connectivity index (χ0n) is 26.4. The quantitative estimate of drug-likeness (QED) is 0.301. The number of ether oxygens (including phenoxy) is 4. The first-order valence-corrected chi connectivity index (χ1v) is 16.9. The third-order valence-corrected chi connectivity index (χ3v) is 11.5. The van der Waals surface area contributed by atoms with E-state index >= 15 is 0 Å². The summed E-state index contributed by atoms with van der Waals surface area (Å²) in [6, 6.07) is 0. The van der Waals surface area contributed by atoms with Gasteiger partial charge >= 0.3 is 17.9 Å². The fourth-order valence-corrected chi connectivity index (χ4v) is 8.62. The Balaban J connectivity index is 2.25. The highest BCUT2D eigenvalue weighted by Gasteiger charge is 2.70. The van der Waals surface area contributed by atoms with Crippen LogP contribution in [0.5, 0.6) is 0 Å². The fourth-order valence-electron chi connectivity index (χ4n) is 7.79. The normalized spacial score (nSPS) is 41.4. The predicted molar refractivity (Wildman–Crippen MR) is 155 cm³/mol. The summed E-state index contributed by atoms with van der Waals surface area (Å²) in [5, 5.41) is 12.4. The number of hydrogen-bond donors (Lipinski definition) is 1. The molecule has 0 radical (unpaired) electrons. The van der Waals surface area contributed by atoms with Gasteiger partial charge in [-0.15, -0.1) is 0 Å². The second kappa shape index (κ2) is 13.0. The SMILES string of the molecule is CCCC(=O)O[C@H]1[C@H](C(C)C)[C@@H]2[C@@H]([C@H]3C[C@](C)([S@@](C)=O)CCC[C@@](C)(OC(=O)CCC)[C@@H]2O3)[C@](C)(O)[C@@H]1OC(C)=O. The highest BCUT2D eigenvalue weighted by atomic mass is 32.2. The molecule has 1 N–H and O–H groups in total. The summed E-state index contributed by atoms with van der Waals surface area (Å²) >= 11 is 0. The van der Waals surface area contributed by atoms with Crippen molar-refractivity contribution in [2.24, 2.45) is 23.7 Å². The Hall–Kier alpha value is -1.52. The largest absolute Gasteiger partial charge is 0.458 e. The highest BCUT2D eigenvalue weighted by Crippen LogP contribution is 2.59. The standard InChI is InChI=1S/C31H52O9S/c1-10-13-21(33)39-26-23(18(3)4)24-25(31(8,35)28(26)37-19(5)32)20-17-29(6,41(9)36)15-12-16-30(7,27(24)38-20)40-22(34)14-11-2/h18,20,23-28,35H,10-17H2,1-9H3/t20-,23-,24-,25-,26+,27-,28-,29-,30-,31+,41-/m1/s1. The Kier molecular flexibility index (Phi) is 10.8. The first kappa shape index (κ1) is 34.0. The summed E-state index contributed by atoms with van der Waals surface area (Å²) in [6.07, 6.45) is 2.41. The molecule has 2 aliphatic heterocycles. The second-order valence-electron chi connectivity index (χ2n) is 13.5. The molecule has 10 heteroatoms. The maximum atomic E-state index is 13.1. The maximum Gasteiger partial charge on any atom is 0.306 e. The molecule has 2 heterocycles. The predicted octanol–water partition coefficient (Wildman–Crippen LogP) is 4.48. The molecular weight excluding hydrogens is 548 g/mol. The van der Waals surface area contributed by atoms with Crippen molar-refractivity contribution in [3.8, 4) is 0 Å². The summed E-state index contributed by atoms with van der Waals surface area (Å²) in [6.45, 7) is 14.6. The van der Waals surface area contributed by atoms with E-state index in [1.807, 2.05) is 41.5 Å². The van der Waals surface area contributed by atoms with Crippen molar-refractivity contribution < 1.29 is 42.6 Å². The molecule has 0 spiro atoms. The van der Waals surface area contributed by atoms with E-state index < -0.39 is 74.9 Å². The maximum absolute atomic E-state index is 13.1. The monoisotopic (exact) mass is 600 g/mol. The van der Waals surface area contributed by atoms with Crippen LogP contribution in [0.1, 0.15) is 107 Å². The fraction of sp³-hybridized carbons (Fsp3) is 0.903. The van der Waals surface area contributed by atoms with Crippen molar-refractivity contribution in [1.82, 2.24) is 0 Å². The molecule has 1 aliphatic carbocycles. The number of carbonyl (C=O) groups excluding carboxylic acids is 3. The van der Waals surface area contributed by atoms with E-state index in [1.165, 1.54) is 6.92 Å². The molecule has 0 unspecified atom stereocenters. The Labute approximate surface area is 248 Å². The molecule has 3 fully saturated rings. The topological polar surface area (TPSA) is 125 Å². The molecule has 9 nitrogen and oxygen atoms in total. The van der Waals surface area contributed by atoms with Crippen LogP contribution in [0, 0.1) is 23.7 Å². The molecule has 2 bridgehead atoms. The Morgan fingerprint density at radius 1 is 1.02 bits per heavy atom. The van der Waals surface area contributed by atoms with Crippen LogP contribution in [0.2, 0.25) is 0 Å². The van der Waals surface area contributed by atoms with Crippen LogP contribution >= 0.6 is 0 Å². The average Bonchev–Trinajstić information content (AvgIpc) is 3.22. The zero-order valence-corrected chi connectivity index (χ0v) is 27.2. The summed E-state index contributed by atoms with van der Waals surface area (Å²) in [5.41, 5.74) is -2.68. The van der Waals surface area contributed by atoms with Crippen molar-refractivity contribution in [2.45, 2.75) is 147 Å². The van der Waals surface area contributed by atoms with Gasteiger partial charge in [-0.1, -0.05) is 27.7 Å². The van der Waals surface area contributed by atoms with Gasteiger partial charge in [-0.25, -0.2) is 0 Å². The minimum Gasteiger partial charge on any atom is -0.458 e. The minimum atomic E-state index is -1.65. The van der Waals surface area contributed by atoms with Gasteiger partial charge in [-0.05, 0) is 65.2 Å². The van der Waals surface area contributed by atoms with Gasteiger partial charge in [0.05, 0.1) is 6.10 Å². The Bertz CT molecular complexity index is 996. The van der Waals surface area contributed by atoms with Crippen LogP contribution in [0.15, 0.2) is 0 Å². The molecule has 3 aliphatic rings. The lowest BCUT2D eigenvalue weighted by Gasteiger charge is -2.55. The van der Waals surface area contributed by atoms with E-state index in [4.69, 9.17) is 18.9 Å². The van der Waals surface area contributed by atoms with Gasteiger partial charge in [-0.2, -0.15) is 0 Å². The van der Waals surface area contributed by atoms with Gasteiger partial charge < -0.3 is 24.1 Å². The van der Waals surface area contributed by atoms with Crippen LogP contribution in [-0.4, -0.2) is 73.8 Å². The summed E-state index contributed by atoms with van der Waals surface area (Å²) in [4.78, 5) is 38.3. The number of aliphatic hydroxyl groups is 1. The molecule has 236 valence electrons. The minimum absolute atomic E-state index is 0.0637. The van der Waals surface area contributed by atoms with Gasteiger partial charge in [-0.3, -0.25) is 18.6 Å². The molecule has 0 aromatic carbocycles. The third kappa shape index (κ3) is 6.85. The highest BCUT2D eigenvalue weighted by molar-refractivity contribution is 7.85. The van der Waals surface area contributed by atoms with Crippen molar-refractivity contribution in [2.75, 3.05) is 6.26 Å². The van der Waals surface area contributed by atoms with Gasteiger partial charge in [0.25, 0.3) is 0 Å². The Morgan fingerprint density at radius 2 is 1.63 bits per heavy atom. The molecule has 0 amide bonds. The van der Waals surface area contributed by atoms with E-state index in [0.717, 1.165) is 0 Å². The number of fused-ring (bicyclic) bond motifs is 5. The number of carbonyl (C=O) groups is 3. The van der Waals surface area contributed by atoms with Crippen LogP contribution < -0.4 is 0 Å². The van der Waals surface area contributed by atoms with Crippen LogP contribution in [-0.2, 0) is 44.1 Å².